The molecule has 0 bridgehead atoms. The number of halogens is 1. The van der Waals surface area contributed by atoms with Crippen LogP contribution in [0.25, 0.3) is 0 Å². The van der Waals surface area contributed by atoms with Gasteiger partial charge in [0.25, 0.3) is 5.69 Å². The molecule has 1 rings (SSSR count). The van der Waals surface area contributed by atoms with Crippen molar-refractivity contribution in [3.05, 3.63) is 38.9 Å². The van der Waals surface area contributed by atoms with Crippen LogP contribution in [0.1, 0.15) is 5.56 Å². The molecule has 0 aromatic heterocycles. The van der Waals surface area contributed by atoms with Crippen LogP contribution < -0.4 is 0 Å². The van der Waals surface area contributed by atoms with E-state index in [2.05, 4.69) is 0 Å². The summed E-state index contributed by atoms with van der Waals surface area (Å²) in [6.45, 7) is 0. The number of nitro groups is 1. The standard InChI is InChI=1S/C8H6ClNO3/c9-7-1-2-8(10(12)13)6(5-7)3-4-11/h1-2,4-5H,3H2. The molecule has 0 spiro atoms. The third kappa shape index (κ3) is 2.26. The maximum Gasteiger partial charge on any atom is 0.273 e. The van der Waals surface area contributed by atoms with Crippen molar-refractivity contribution in [3.8, 4) is 0 Å². The first-order valence-electron chi connectivity index (χ1n) is 3.51. The summed E-state index contributed by atoms with van der Waals surface area (Å²) >= 11 is 5.62. The Kier molecular flexibility index (Phi) is 2.97. The lowest BCUT2D eigenvalue weighted by Gasteiger charge is -1.98. The largest absolute Gasteiger partial charge is 0.303 e. The van der Waals surface area contributed by atoms with Gasteiger partial charge in [-0.3, -0.25) is 10.1 Å². The Morgan fingerprint density at radius 3 is 2.77 bits per heavy atom. The third-order valence-corrected chi connectivity index (χ3v) is 1.78. The molecule has 0 saturated heterocycles. The monoisotopic (exact) mass is 199 g/mol. The lowest BCUT2D eigenvalue weighted by Crippen LogP contribution is -1.95. The molecule has 1 aromatic carbocycles. The van der Waals surface area contributed by atoms with Gasteiger partial charge in [-0.25, -0.2) is 0 Å². The van der Waals surface area contributed by atoms with Gasteiger partial charge in [0.15, 0.2) is 0 Å². The summed E-state index contributed by atoms with van der Waals surface area (Å²) < 4.78 is 0. The molecule has 0 aliphatic carbocycles. The number of aldehydes is 1. The predicted molar refractivity (Wildman–Crippen MR) is 47.9 cm³/mol. The molecule has 0 saturated carbocycles. The minimum Gasteiger partial charge on any atom is -0.303 e. The molecule has 0 amide bonds. The molecular weight excluding hydrogens is 194 g/mol. The lowest BCUT2D eigenvalue weighted by molar-refractivity contribution is -0.385. The zero-order valence-corrected chi connectivity index (χ0v) is 7.32. The van der Waals surface area contributed by atoms with Crippen LogP contribution in [0.15, 0.2) is 18.2 Å². The highest BCUT2D eigenvalue weighted by atomic mass is 35.5. The van der Waals surface area contributed by atoms with Gasteiger partial charge in [-0.1, -0.05) is 11.6 Å². The van der Waals surface area contributed by atoms with Crippen molar-refractivity contribution in [1.29, 1.82) is 0 Å². The Morgan fingerprint density at radius 2 is 2.23 bits per heavy atom. The second-order valence-corrected chi connectivity index (χ2v) is 2.84. The zero-order valence-electron chi connectivity index (χ0n) is 6.57. The SMILES string of the molecule is O=CCc1cc(Cl)ccc1[N+](=O)[O-]. The molecule has 0 N–H and O–H groups in total. The van der Waals surface area contributed by atoms with E-state index >= 15 is 0 Å². The first kappa shape index (κ1) is 9.67. The van der Waals surface area contributed by atoms with Gasteiger partial charge >= 0.3 is 0 Å². The summed E-state index contributed by atoms with van der Waals surface area (Å²) in [4.78, 5) is 20.1. The Morgan fingerprint density at radius 1 is 1.54 bits per heavy atom. The number of hydrogen-bond donors (Lipinski definition) is 0. The van der Waals surface area contributed by atoms with Crippen LogP contribution in [0.5, 0.6) is 0 Å². The molecule has 5 heteroatoms. The van der Waals surface area contributed by atoms with E-state index < -0.39 is 4.92 Å². The van der Waals surface area contributed by atoms with Gasteiger partial charge in [0.1, 0.15) is 6.29 Å². The molecule has 68 valence electrons. The van der Waals surface area contributed by atoms with Crippen LogP contribution >= 0.6 is 11.6 Å². The summed E-state index contributed by atoms with van der Waals surface area (Å²) in [6.07, 6.45) is 0.621. The highest BCUT2D eigenvalue weighted by molar-refractivity contribution is 6.30. The van der Waals surface area contributed by atoms with Crippen molar-refractivity contribution in [2.24, 2.45) is 0 Å². The molecule has 0 heterocycles. The van der Waals surface area contributed by atoms with Crippen molar-refractivity contribution >= 4 is 23.6 Å². The first-order valence-corrected chi connectivity index (χ1v) is 3.89. The summed E-state index contributed by atoms with van der Waals surface area (Å²) in [5.41, 5.74) is 0.268. The topological polar surface area (TPSA) is 60.2 Å². The molecule has 13 heavy (non-hydrogen) atoms. The van der Waals surface area contributed by atoms with E-state index in [1.165, 1.54) is 18.2 Å². The fourth-order valence-electron chi connectivity index (χ4n) is 0.985. The second-order valence-electron chi connectivity index (χ2n) is 2.40. The summed E-state index contributed by atoms with van der Waals surface area (Å²) in [6, 6.07) is 4.14. The number of carbonyl (C=O) groups excluding carboxylic acids is 1. The van der Waals surface area contributed by atoms with Crippen LogP contribution in [-0.2, 0) is 11.2 Å². The first-order chi connectivity index (χ1) is 6.15. The molecule has 0 atom stereocenters. The fraction of sp³-hybridized carbons (Fsp3) is 0.125. The minimum atomic E-state index is -0.533. The maximum absolute atomic E-state index is 10.5. The number of nitro benzene ring substituents is 1. The summed E-state index contributed by atoms with van der Waals surface area (Å²) in [5.74, 6) is 0. The Labute approximate surface area is 79.3 Å². The molecule has 4 nitrogen and oxygen atoms in total. The quantitative estimate of drug-likeness (QED) is 0.425. The van der Waals surface area contributed by atoms with Gasteiger partial charge in [-0.15, -0.1) is 0 Å². The van der Waals surface area contributed by atoms with Crippen LogP contribution in [0.4, 0.5) is 5.69 Å². The van der Waals surface area contributed by atoms with Gasteiger partial charge in [0, 0.05) is 23.1 Å². The van der Waals surface area contributed by atoms with Gasteiger partial charge in [-0.2, -0.15) is 0 Å². The van der Waals surface area contributed by atoms with Gasteiger partial charge in [0.2, 0.25) is 0 Å². The summed E-state index contributed by atoms with van der Waals surface area (Å²) in [5, 5.41) is 10.8. The minimum absolute atomic E-state index is 0.0108. The summed E-state index contributed by atoms with van der Waals surface area (Å²) in [7, 11) is 0. The maximum atomic E-state index is 10.5. The third-order valence-electron chi connectivity index (χ3n) is 1.54. The molecule has 0 aliphatic heterocycles. The highest BCUT2D eigenvalue weighted by Crippen LogP contribution is 2.22. The smallest absolute Gasteiger partial charge is 0.273 e. The molecule has 0 fully saturated rings. The van der Waals surface area contributed by atoms with E-state index in [9.17, 15) is 14.9 Å². The lowest BCUT2D eigenvalue weighted by atomic mass is 10.1. The van der Waals surface area contributed by atoms with Crippen molar-refractivity contribution < 1.29 is 9.72 Å². The van der Waals surface area contributed by atoms with E-state index in [1.807, 2.05) is 0 Å². The van der Waals surface area contributed by atoms with Gasteiger partial charge in [0.05, 0.1) is 4.92 Å². The fourth-order valence-corrected chi connectivity index (χ4v) is 1.18. The molecule has 0 radical (unpaired) electrons. The Hall–Kier alpha value is -1.42. The van der Waals surface area contributed by atoms with Gasteiger partial charge < -0.3 is 4.79 Å². The Balaban J connectivity index is 3.17. The normalized spacial score (nSPS) is 9.62. The highest BCUT2D eigenvalue weighted by Gasteiger charge is 2.12. The molecule has 0 aliphatic rings. The van der Waals surface area contributed by atoms with Crippen molar-refractivity contribution in [2.75, 3.05) is 0 Å². The van der Waals surface area contributed by atoms with Crippen LogP contribution in [0.3, 0.4) is 0 Å². The van der Waals surface area contributed by atoms with Crippen LogP contribution in [0, 0.1) is 10.1 Å². The predicted octanol–water partition coefficient (Wildman–Crippen LogP) is 1.99. The number of rotatable bonds is 3. The van der Waals surface area contributed by atoms with E-state index in [0.717, 1.165) is 0 Å². The van der Waals surface area contributed by atoms with E-state index in [4.69, 9.17) is 11.6 Å². The van der Waals surface area contributed by atoms with E-state index in [0.29, 0.717) is 16.9 Å². The average molecular weight is 200 g/mol. The number of carbonyl (C=O) groups is 1. The second kappa shape index (κ2) is 4.00. The number of hydrogen-bond acceptors (Lipinski definition) is 3. The average Bonchev–Trinajstić information content (AvgIpc) is 2.04. The van der Waals surface area contributed by atoms with E-state index in [-0.39, 0.29) is 12.1 Å². The van der Waals surface area contributed by atoms with Crippen molar-refractivity contribution in [1.82, 2.24) is 0 Å². The van der Waals surface area contributed by atoms with Gasteiger partial charge in [-0.05, 0) is 12.1 Å². The van der Waals surface area contributed by atoms with Crippen molar-refractivity contribution in [3.63, 3.8) is 0 Å². The Bertz CT molecular complexity index is 351. The number of benzene rings is 1. The number of nitrogens with zero attached hydrogens (tertiary/aromatic N) is 1. The zero-order chi connectivity index (χ0) is 9.84. The van der Waals surface area contributed by atoms with E-state index in [1.54, 1.807) is 0 Å². The van der Waals surface area contributed by atoms with Crippen molar-refractivity contribution in [2.45, 2.75) is 6.42 Å². The van der Waals surface area contributed by atoms with Crippen LogP contribution in [0.2, 0.25) is 5.02 Å². The molecule has 1 aromatic rings. The molecular formula is C8H6ClNO3. The molecule has 0 unspecified atom stereocenters. The van der Waals surface area contributed by atoms with Crippen LogP contribution in [-0.4, -0.2) is 11.2 Å².